The fourth-order valence-corrected chi connectivity index (χ4v) is 3.02. The number of hydrogen-bond donors (Lipinski definition) is 0. The molecule has 0 saturated heterocycles. The van der Waals surface area contributed by atoms with Gasteiger partial charge in [0, 0.05) is 27.7 Å². The van der Waals surface area contributed by atoms with Crippen LogP contribution in [0.2, 0.25) is 5.02 Å². The molecule has 0 saturated carbocycles. The molecule has 2 aromatic carbocycles. The number of rotatable bonds is 5. The number of carbonyl (C=O) groups excluding carboxylic acids is 2. The molecule has 0 amide bonds. The summed E-state index contributed by atoms with van der Waals surface area (Å²) in [6.07, 6.45) is 0. The van der Waals surface area contributed by atoms with E-state index in [4.69, 9.17) is 16.3 Å². The maximum absolute atomic E-state index is 12.5. The number of hydrogen-bond acceptors (Lipinski definition) is 3. The van der Waals surface area contributed by atoms with Crippen molar-refractivity contribution in [3.8, 4) is 5.69 Å². The molecule has 0 radical (unpaired) electrons. The van der Waals surface area contributed by atoms with E-state index in [1.165, 1.54) is 0 Å². The highest BCUT2D eigenvalue weighted by Gasteiger charge is 2.18. The van der Waals surface area contributed by atoms with Gasteiger partial charge in [0.25, 0.3) is 0 Å². The number of aryl methyl sites for hydroxylation is 1. The number of para-hydroxylation sites is 1. The van der Waals surface area contributed by atoms with E-state index in [0.29, 0.717) is 16.1 Å². The first kappa shape index (κ1) is 18.0. The zero-order valence-corrected chi connectivity index (χ0v) is 15.3. The van der Waals surface area contributed by atoms with Crippen LogP contribution in [0, 0.1) is 13.8 Å². The van der Waals surface area contributed by atoms with Crippen molar-refractivity contribution in [1.29, 1.82) is 0 Å². The van der Waals surface area contributed by atoms with E-state index in [1.807, 2.05) is 54.8 Å². The number of halogens is 1. The van der Waals surface area contributed by atoms with Crippen molar-refractivity contribution in [2.75, 3.05) is 6.61 Å². The quantitative estimate of drug-likeness (QED) is 0.481. The lowest BCUT2D eigenvalue weighted by Gasteiger charge is -2.09. The summed E-state index contributed by atoms with van der Waals surface area (Å²) in [5.41, 5.74) is 3.66. The van der Waals surface area contributed by atoms with Gasteiger partial charge in [0.05, 0.1) is 5.56 Å². The van der Waals surface area contributed by atoms with Gasteiger partial charge in [-0.3, -0.25) is 4.79 Å². The first-order valence-corrected chi connectivity index (χ1v) is 8.55. The van der Waals surface area contributed by atoms with E-state index < -0.39 is 5.97 Å². The summed E-state index contributed by atoms with van der Waals surface area (Å²) >= 11 is 5.80. The number of esters is 1. The molecule has 0 aliphatic rings. The fourth-order valence-electron chi connectivity index (χ4n) is 2.90. The van der Waals surface area contributed by atoms with Gasteiger partial charge in [-0.2, -0.15) is 0 Å². The van der Waals surface area contributed by atoms with Crippen molar-refractivity contribution < 1.29 is 14.3 Å². The predicted molar refractivity (Wildman–Crippen MR) is 101 cm³/mol. The Balaban J connectivity index is 1.74. The van der Waals surface area contributed by atoms with Crippen molar-refractivity contribution in [3.63, 3.8) is 0 Å². The zero-order chi connectivity index (χ0) is 18.7. The van der Waals surface area contributed by atoms with Crippen LogP contribution >= 0.6 is 11.6 Å². The highest BCUT2D eigenvalue weighted by Crippen LogP contribution is 2.21. The van der Waals surface area contributed by atoms with Crippen molar-refractivity contribution in [3.05, 3.63) is 88.2 Å². The largest absolute Gasteiger partial charge is 0.454 e. The number of aromatic nitrogens is 1. The molecule has 0 fully saturated rings. The topological polar surface area (TPSA) is 48.3 Å². The number of ketones is 1. The second-order valence-corrected chi connectivity index (χ2v) is 6.40. The van der Waals surface area contributed by atoms with Gasteiger partial charge < -0.3 is 9.30 Å². The minimum absolute atomic E-state index is 0.234. The number of Topliss-reactive ketones (excluding diaryl/α,β-unsaturated/α-hetero) is 1. The molecule has 0 aliphatic heterocycles. The molecule has 0 N–H and O–H groups in total. The van der Waals surface area contributed by atoms with Crippen molar-refractivity contribution >= 4 is 23.4 Å². The maximum Gasteiger partial charge on any atom is 0.338 e. The SMILES string of the molecule is Cc1cc(C(=O)COC(=O)c2ccc(Cl)cc2)c(C)n1-c1ccccc1. The van der Waals surface area contributed by atoms with Crippen LogP contribution in [0.1, 0.15) is 32.1 Å². The highest BCUT2D eigenvalue weighted by molar-refractivity contribution is 6.30. The van der Waals surface area contributed by atoms with Crippen LogP contribution in [0.5, 0.6) is 0 Å². The third-order valence-electron chi connectivity index (χ3n) is 4.16. The lowest BCUT2D eigenvalue weighted by atomic mass is 10.1. The minimum atomic E-state index is -0.549. The summed E-state index contributed by atoms with van der Waals surface area (Å²) < 4.78 is 7.16. The highest BCUT2D eigenvalue weighted by atomic mass is 35.5. The lowest BCUT2D eigenvalue weighted by Crippen LogP contribution is -2.15. The van der Waals surface area contributed by atoms with Crippen LogP contribution < -0.4 is 0 Å². The standard InChI is InChI=1S/C21H18ClNO3/c1-14-12-19(15(2)23(14)18-6-4-3-5-7-18)20(24)13-26-21(25)16-8-10-17(22)11-9-16/h3-12H,13H2,1-2H3. The molecule has 1 heterocycles. The smallest absolute Gasteiger partial charge is 0.338 e. The van der Waals surface area contributed by atoms with Crippen LogP contribution in [0.4, 0.5) is 0 Å². The summed E-state index contributed by atoms with van der Waals surface area (Å²) in [7, 11) is 0. The van der Waals surface area contributed by atoms with Gasteiger partial charge in [-0.25, -0.2) is 4.79 Å². The molecule has 132 valence electrons. The van der Waals surface area contributed by atoms with E-state index in [9.17, 15) is 9.59 Å². The van der Waals surface area contributed by atoms with Crippen LogP contribution in [-0.4, -0.2) is 22.9 Å². The third-order valence-corrected chi connectivity index (χ3v) is 4.41. The molecule has 26 heavy (non-hydrogen) atoms. The Morgan fingerprint density at radius 1 is 1.00 bits per heavy atom. The van der Waals surface area contributed by atoms with Gasteiger partial charge >= 0.3 is 5.97 Å². The molecule has 3 aromatic rings. The van der Waals surface area contributed by atoms with Gasteiger partial charge in [-0.1, -0.05) is 29.8 Å². The fraction of sp³-hybridized carbons (Fsp3) is 0.143. The molecular formula is C21H18ClNO3. The number of benzene rings is 2. The monoisotopic (exact) mass is 367 g/mol. The second-order valence-electron chi connectivity index (χ2n) is 5.96. The average Bonchev–Trinajstić information content (AvgIpc) is 2.95. The Morgan fingerprint density at radius 2 is 1.65 bits per heavy atom. The molecule has 3 rings (SSSR count). The zero-order valence-electron chi connectivity index (χ0n) is 14.5. The normalized spacial score (nSPS) is 10.6. The molecule has 0 atom stereocenters. The molecule has 1 aromatic heterocycles. The van der Waals surface area contributed by atoms with Gasteiger partial charge in [0.15, 0.2) is 6.61 Å². The van der Waals surface area contributed by atoms with E-state index in [-0.39, 0.29) is 12.4 Å². The Kier molecular flexibility index (Phi) is 5.24. The van der Waals surface area contributed by atoms with Gasteiger partial charge in [0.1, 0.15) is 0 Å². The molecule has 0 unspecified atom stereocenters. The van der Waals surface area contributed by atoms with E-state index in [1.54, 1.807) is 24.3 Å². The Hall–Kier alpha value is -2.85. The Bertz CT molecular complexity index is 943. The molecule has 0 aliphatic carbocycles. The Labute approximate surface area is 157 Å². The molecule has 5 heteroatoms. The molecule has 4 nitrogen and oxygen atoms in total. The summed E-state index contributed by atoms with van der Waals surface area (Å²) in [6, 6.07) is 18.0. The summed E-state index contributed by atoms with van der Waals surface area (Å²) in [6.45, 7) is 3.52. The first-order valence-electron chi connectivity index (χ1n) is 8.17. The van der Waals surface area contributed by atoms with Gasteiger partial charge in [-0.05, 0) is 56.3 Å². The van der Waals surface area contributed by atoms with Gasteiger partial charge in [0.2, 0.25) is 5.78 Å². The minimum Gasteiger partial charge on any atom is -0.454 e. The van der Waals surface area contributed by atoms with Crippen LogP contribution in [-0.2, 0) is 4.74 Å². The summed E-state index contributed by atoms with van der Waals surface area (Å²) in [5.74, 6) is -0.783. The van der Waals surface area contributed by atoms with E-state index in [2.05, 4.69) is 0 Å². The van der Waals surface area contributed by atoms with Gasteiger partial charge in [-0.15, -0.1) is 0 Å². The van der Waals surface area contributed by atoms with E-state index >= 15 is 0 Å². The molecule has 0 bridgehead atoms. The van der Waals surface area contributed by atoms with Crippen LogP contribution in [0.25, 0.3) is 5.69 Å². The molecule has 0 spiro atoms. The second kappa shape index (κ2) is 7.58. The first-order chi connectivity index (χ1) is 12.5. The third kappa shape index (κ3) is 3.70. The van der Waals surface area contributed by atoms with Crippen LogP contribution in [0.15, 0.2) is 60.7 Å². The maximum atomic E-state index is 12.5. The Morgan fingerprint density at radius 3 is 2.31 bits per heavy atom. The van der Waals surface area contributed by atoms with Crippen molar-refractivity contribution in [2.45, 2.75) is 13.8 Å². The van der Waals surface area contributed by atoms with E-state index in [0.717, 1.165) is 17.1 Å². The number of carbonyl (C=O) groups is 2. The molecular weight excluding hydrogens is 350 g/mol. The summed E-state index contributed by atoms with van der Waals surface area (Å²) in [5, 5.41) is 0.533. The predicted octanol–water partition coefficient (Wildman–Crippen LogP) is 4.79. The lowest BCUT2D eigenvalue weighted by molar-refractivity contribution is 0.0474. The number of nitrogens with zero attached hydrogens (tertiary/aromatic N) is 1. The average molecular weight is 368 g/mol. The van der Waals surface area contributed by atoms with Crippen LogP contribution in [0.3, 0.4) is 0 Å². The summed E-state index contributed by atoms with van der Waals surface area (Å²) in [4.78, 5) is 24.6. The van der Waals surface area contributed by atoms with Crippen molar-refractivity contribution in [2.24, 2.45) is 0 Å². The van der Waals surface area contributed by atoms with Crippen molar-refractivity contribution in [1.82, 2.24) is 4.57 Å². The number of ether oxygens (including phenoxy) is 1.